The number of anilines is 1. The fraction of sp³-hybridized carbons (Fsp3) is 0.143. The third kappa shape index (κ3) is 5.66. The number of aromatic nitrogens is 3. The predicted molar refractivity (Wildman–Crippen MR) is 142 cm³/mol. The number of likely N-dealkylation sites (N-methyl/N-ethyl adjacent to an activating group) is 1. The molecule has 2 N–H and O–H groups in total. The van der Waals surface area contributed by atoms with Crippen LogP contribution in [0.1, 0.15) is 33.1 Å². The Bertz CT molecular complexity index is 1530. The quantitative estimate of drug-likeness (QED) is 0.320. The number of hydrogen-bond donors (Lipinski definition) is 2. The van der Waals surface area contributed by atoms with Crippen LogP contribution in [0.15, 0.2) is 72.8 Å². The van der Waals surface area contributed by atoms with Gasteiger partial charge in [0.25, 0.3) is 5.91 Å². The lowest BCUT2D eigenvalue weighted by Crippen LogP contribution is -2.48. The minimum Gasteiger partial charge on any atom is -0.489 e. The van der Waals surface area contributed by atoms with Gasteiger partial charge in [0.1, 0.15) is 35.0 Å². The Hall–Kier alpha value is -4.55. The van der Waals surface area contributed by atoms with Crippen molar-refractivity contribution in [2.45, 2.75) is 12.5 Å². The molecule has 7 nitrogen and oxygen atoms in total. The normalized spacial score (nSPS) is 14.6. The first-order valence-corrected chi connectivity index (χ1v) is 11.9. The third-order valence-electron chi connectivity index (χ3n) is 5.78. The number of hydrogen-bond acceptors (Lipinski definition) is 5. The van der Waals surface area contributed by atoms with Gasteiger partial charge >= 0.3 is 0 Å². The van der Waals surface area contributed by atoms with E-state index in [0.29, 0.717) is 28.5 Å². The number of H-pyrrole nitrogens is 1. The summed E-state index contributed by atoms with van der Waals surface area (Å²) in [5.74, 6) is 6.46. The monoisotopic (exact) mass is 511 g/mol. The first-order valence-electron chi connectivity index (χ1n) is 11.5. The lowest BCUT2D eigenvalue weighted by Gasteiger charge is -2.23. The van der Waals surface area contributed by atoms with E-state index in [2.05, 4.69) is 32.3 Å². The van der Waals surface area contributed by atoms with Gasteiger partial charge in [0.2, 0.25) is 5.82 Å². The topological polar surface area (TPSA) is 83.1 Å². The molecule has 9 heteroatoms. The molecule has 2 heterocycles. The molecular weight excluding hydrogens is 489 g/mol. The number of nitrogens with zero attached hydrogens (tertiary/aromatic N) is 3. The van der Waals surface area contributed by atoms with Crippen LogP contribution in [0.5, 0.6) is 5.75 Å². The second-order valence-electron chi connectivity index (χ2n) is 8.45. The predicted octanol–water partition coefficient (Wildman–Crippen LogP) is 3.89. The molecular formula is C28H22FN5O2S. The summed E-state index contributed by atoms with van der Waals surface area (Å²) >= 11 is 5.68. The molecule has 0 unspecified atom stereocenters. The van der Waals surface area contributed by atoms with Gasteiger partial charge in [0.05, 0.1) is 5.69 Å². The minimum absolute atomic E-state index is 0.0352. The van der Waals surface area contributed by atoms with Crippen LogP contribution in [0.4, 0.5) is 10.1 Å². The van der Waals surface area contributed by atoms with Crippen LogP contribution >= 0.6 is 12.2 Å². The van der Waals surface area contributed by atoms with Crippen molar-refractivity contribution < 1.29 is 13.9 Å². The van der Waals surface area contributed by atoms with E-state index in [1.807, 2.05) is 49.5 Å². The SMILES string of the molecule is CN1C(=S)[C@@H](NC(=O)c2n[nH]c(Cc3ccccc3)n2)COc2ccc(C#Cc3cccc(F)c3)cc21. The Labute approximate surface area is 218 Å². The molecule has 184 valence electrons. The van der Waals surface area contributed by atoms with Gasteiger partial charge in [0, 0.05) is 24.6 Å². The molecule has 1 amide bonds. The van der Waals surface area contributed by atoms with Gasteiger partial charge in [-0.05, 0) is 42.0 Å². The van der Waals surface area contributed by atoms with Gasteiger partial charge in [0.15, 0.2) is 0 Å². The maximum atomic E-state index is 13.4. The average molecular weight is 512 g/mol. The summed E-state index contributed by atoms with van der Waals surface area (Å²) in [4.78, 5) is 19.5. The van der Waals surface area contributed by atoms with E-state index in [1.165, 1.54) is 12.1 Å². The van der Waals surface area contributed by atoms with E-state index in [-0.39, 0.29) is 18.2 Å². The highest BCUT2D eigenvalue weighted by Crippen LogP contribution is 2.32. The largest absolute Gasteiger partial charge is 0.489 e. The number of carbonyl (C=O) groups is 1. The van der Waals surface area contributed by atoms with Crippen LogP contribution in [0.3, 0.4) is 0 Å². The molecule has 0 radical (unpaired) electrons. The molecule has 3 aromatic carbocycles. The summed E-state index contributed by atoms with van der Waals surface area (Å²) in [5.41, 5.74) is 3.08. The number of ether oxygens (including phenoxy) is 1. The number of benzene rings is 3. The lowest BCUT2D eigenvalue weighted by molar-refractivity contribution is 0.0927. The summed E-state index contributed by atoms with van der Waals surface area (Å²) in [7, 11) is 1.81. The van der Waals surface area contributed by atoms with Crippen molar-refractivity contribution >= 4 is 28.8 Å². The molecule has 0 saturated heterocycles. The number of amides is 1. The molecule has 1 aliphatic rings. The summed E-state index contributed by atoms with van der Waals surface area (Å²) in [6.45, 7) is 0.150. The molecule has 0 spiro atoms. The number of carbonyl (C=O) groups excluding carboxylic acids is 1. The zero-order valence-corrected chi connectivity index (χ0v) is 20.7. The van der Waals surface area contributed by atoms with Crippen LogP contribution in [0.25, 0.3) is 0 Å². The van der Waals surface area contributed by atoms with Crippen molar-refractivity contribution in [1.29, 1.82) is 0 Å². The molecule has 1 atom stereocenters. The van der Waals surface area contributed by atoms with E-state index in [4.69, 9.17) is 17.0 Å². The summed E-state index contributed by atoms with van der Waals surface area (Å²) in [6.07, 6.45) is 0.536. The number of fused-ring (bicyclic) bond motifs is 1. The van der Waals surface area contributed by atoms with E-state index >= 15 is 0 Å². The Morgan fingerprint density at radius 1 is 1.14 bits per heavy atom. The molecule has 0 saturated carbocycles. The van der Waals surface area contributed by atoms with Crippen molar-refractivity contribution in [2.24, 2.45) is 0 Å². The van der Waals surface area contributed by atoms with E-state index in [1.54, 1.807) is 23.1 Å². The number of aromatic amines is 1. The molecule has 5 rings (SSSR count). The molecule has 4 aromatic rings. The van der Waals surface area contributed by atoms with Crippen LogP contribution in [0.2, 0.25) is 0 Å². The minimum atomic E-state index is -0.571. The maximum Gasteiger partial charge on any atom is 0.291 e. The summed E-state index contributed by atoms with van der Waals surface area (Å²) in [6, 6.07) is 20.8. The van der Waals surface area contributed by atoms with Gasteiger partial charge in [-0.25, -0.2) is 9.37 Å². The smallest absolute Gasteiger partial charge is 0.291 e. The Kier molecular flexibility index (Phi) is 6.92. The van der Waals surface area contributed by atoms with Crippen molar-refractivity contribution in [3.63, 3.8) is 0 Å². The Balaban J connectivity index is 1.28. The standard InChI is InChI=1S/C28H22FN5O2S/c1-34-23-15-20(11-10-19-8-5-9-21(29)14-19)12-13-24(23)36-17-22(28(34)37)30-27(35)26-31-25(32-33-26)16-18-6-3-2-4-7-18/h2-9,12-15,22H,16-17H2,1H3,(H,30,35)(H,31,32,33)/t22-/m0/s1. The van der Waals surface area contributed by atoms with Crippen LogP contribution < -0.4 is 15.0 Å². The maximum absolute atomic E-state index is 13.4. The fourth-order valence-electron chi connectivity index (χ4n) is 3.88. The van der Waals surface area contributed by atoms with Gasteiger partial charge in [-0.15, -0.1) is 5.10 Å². The van der Waals surface area contributed by atoms with Gasteiger partial charge in [-0.3, -0.25) is 9.89 Å². The molecule has 37 heavy (non-hydrogen) atoms. The zero-order valence-electron chi connectivity index (χ0n) is 19.9. The summed E-state index contributed by atoms with van der Waals surface area (Å²) in [5, 5.41) is 9.76. The second-order valence-corrected chi connectivity index (χ2v) is 8.86. The Morgan fingerprint density at radius 3 is 2.70 bits per heavy atom. The van der Waals surface area contributed by atoms with Gasteiger partial charge in [-0.2, -0.15) is 0 Å². The van der Waals surface area contributed by atoms with Gasteiger partial charge < -0.3 is 15.0 Å². The van der Waals surface area contributed by atoms with E-state index < -0.39 is 11.9 Å². The molecule has 1 aliphatic heterocycles. The Morgan fingerprint density at radius 2 is 1.92 bits per heavy atom. The number of rotatable bonds is 4. The number of thiocarbonyl (C=S) groups is 1. The third-order valence-corrected chi connectivity index (χ3v) is 6.34. The molecule has 0 bridgehead atoms. The number of halogens is 1. The van der Waals surface area contributed by atoms with Crippen molar-refractivity contribution in [1.82, 2.24) is 20.5 Å². The highest BCUT2D eigenvalue weighted by Gasteiger charge is 2.29. The molecule has 0 fully saturated rings. The lowest BCUT2D eigenvalue weighted by atomic mass is 10.1. The van der Waals surface area contributed by atoms with Crippen LogP contribution in [-0.2, 0) is 6.42 Å². The van der Waals surface area contributed by atoms with Crippen molar-refractivity contribution in [2.75, 3.05) is 18.6 Å². The zero-order chi connectivity index (χ0) is 25.8. The van der Waals surface area contributed by atoms with E-state index in [0.717, 1.165) is 16.8 Å². The molecule has 0 aliphatic carbocycles. The van der Waals surface area contributed by atoms with E-state index in [9.17, 15) is 9.18 Å². The van der Waals surface area contributed by atoms with Gasteiger partial charge in [-0.1, -0.05) is 60.5 Å². The average Bonchev–Trinajstić information content (AvgIpc) is 3.34. The highest BCUT2D eigenvalue weighted by molar-refractivity contribution is 7.80. The fourth-order valence-corrected chi connectivity index (χ4v) is 4.10. The summed E-state index contributed by atoms with van der Waals surface area (Å²) < 4.78 is 19.4. The molecule has 1 aromatic heterocycles. The number of nitrogens with one attached hydrogen (secondary N) is 2. The second kappa shape index (κ2) is 10.6. The first-order chi connectivity index (χ1) is 18.0. The van der Waals surface area contributed by atoms with Crippen molar-refractivity contribution in [3.8, 4) is 17.6 Å². The highest BCUT2D eigenvalue weighted by atomic mass is 32.1. The first kappa shape index (κ1) is 24.2. The van der Waals surface area contributed by atoms with Crippen molar-refractivity contribution in [3.05, 3.63) is 107 Å². The van der Waals surface area contributed by atoms with Crippen LogP contribution in [0, 0.1) is 17.7 Å². The van der Waals surface area contributed by atoms with Crippen LogP contribution in [-0.4, -0.2) is 45.8 Å².